The van der Waals surface area contributed by atoms with E-state index < -0.39 is 0 Å². The summed E-state index contributed by atoms with van der Waals surface area (Å²) in [6, 6.07) is 11.6. The topological polar surface area (TPSA) is 12.0 Å². The second-order valence-electron chi connectivity index (χ2n) is 5.33. The lowest BCUT2D eigenvalue weighted by atomic mass is 9.88. The van der Waals surface area contributed by atoms with Gasteiger partial charge < -0.3 is 5.32 Å². The molecule has 0 amide bonds. The van der Waals surface area contributed by atoms with Gasteiger partial charge in [-0.3, -0.25) is 0 Å². The van der Waals surface area contributed by atoms with Gasteiger partial charge in [0.2, 0.25) is 0 Å². The van der Waals surface area contributed by atoms with E-state index in [1.165, 1.54) is 50.6 Å². The lowest BCUT2D eigenvalue weighted by Gasteiger charge is -2.29. The van der Waals surface area contributed by atoms with Crippen LogP contribution in [-0.4, -0.2) is 12.6 Å². The number of hydrogen-bond acceptors (Lipinski definition) is 1. The first kappa shape index (κ1) is 12.6. The summed E-state index contributed by atoms with van der Waals surface area (Å²) in [5, 5.41) is 3.67. The van der Waals surface area contributed by atoms with Gasteiger partial charge in [0.25, 0.3) is 0 Å². The Kier molecular flexibility index (Phi) is 5.06. The Balaban J connectivity index is 1.68. The van der Waals surface area contributed by atoms with Crippen molar-refractivity contribution in [1.82, 2.24) is 5.32 Å². The normalized spacial score (nSPS) is 24.8. The van der Waals surface area contributed by atoms with Crippen LogP contribution in [0.3, 0.4) is 0 Å². The first-order valence-corrected chi connectivity index (χ1v) is 7.15. The van der Waals surface area contributed by atoms with Gasteiger partial charge in [-0.2, -0.15) is 0 Å². The Morgan fingerprint density at radius 3 is 2.82 bits per heavy atom. The third-order valence-electron chi connectivity index (χ3n) is 4.04. The van der Waals surface area contributed by atoms with E-state index in [1.54, 1.807) is 0 Å². The second-order valence-corrected chi connectivity index (χ2v) is 5.33. The molecule has 94 valence electrons. The number of rotatable bonds is 5. The fraction of sp³-hybridized carbons (Fsp3) is 0.625. The number of benzene rings is 1. The fourth-order valence-corrected chi connectivity index (χ4v) is 2.88. The zero-order valence-electron chi connectivity index (χ0n) is 11.0. The van der Waals surface area contributed by atoms with Gasteiger partial charge in [-0.25, -0.2) is 0 Å². The number of aryl methyl sites for hydroxylation is 1. The van der Waals surface area contributed by atoms with E-state index in [0.717, 1.165) is 12.0 Å². The van der Waals surface area contributed by atoms with Gasteiger partial charge in [0, 0.05) is 6.04 Å². The van der Waals surface area contributed by atoms with Crippen LogP contribution in [0.5, 0.6) is 0 Å². The van der Waals surface area contributed by atoms with E-state index in [-0.39, 0.29) is 0 Å². The van der Waals surface area contributed by atoms with Crippen LogP contribution in [0.4, 0.5) is 0 Å². The van der Waals surface area contributed by atoms with Crippen LogP contribution in [0.25, 0.3) is 0 Å². The lowest BCUT2D eigenvalue weighted by molar-refractivity contribution is 0.282. The summed E-state index contributed by atoms with van der Waals surface area (Å²) < 4.78 is 0. The molecular weight excluding hydrogens is 206 g/mol. The Labute approximate surface area is 106 Å². The highest BCUT2D eigenvalue weighted by Gasteiger charge is 2.19. The molecule has 2 unspecified atom stereocenters. The first-order chi connectivity index (χ1) is 8.38. The Hall–Kier alpha value is -0.820. The van der Waals surface area contributed by atoms with E-state index in [0.29, 0.717) is 0 Å². The third-order valence-corrected chi connectivity index (χ3v) is 4.04. The largest absolute Gasteiger partial charge is 0.314 e. The molecule has 1 aromatic carbocycles. The molecule has 1 saturated heterocycles. The quantitative estimate of drug-likeness (QED) is 0.813. The van der Waals surface area contributed by atoms with E-state index in [9.17, 15) is 0 Å². The summed E-state index contributed by atoms with van der Waals surface area (Å²) >= 11 is 0. The Morgan fingerprint density at radius 1 is 1.24 bits per heavy atom. The molecule has 0 aromatic heterocycles. The molecule has 0 saturated carbocycles. The zero-order chi connectivity index (χ0) is 11.9. The van der Waals surface area contributed by atoms with Crippen molar-refractivity contribution < 1.29 is 0 Å². The van der Waals surface area contributed by atoms with Crippen LogP contribution in [0.15, 0.2) is 30.3 Å². The van der Waals surface area contributed by atoms with Crippen molar-refractivity contribution in [3.63, 3.8) is 0 Å². The molecule has 2 rings (SSSR count). The molecule has 0 spiro atoms. The summed E-state index contributed by atoms with van der Waals surface area (Å²) in [6.45, 7) is 3.56. The van der Waals surface area contributed by atoms with Crippen LogP contribution in [-0.2, 0) is 6.42 Å². The number of piperidine rings is 1. The third kappa shape index (κ3) is 4.16. The summed E-state index contributed by atoms with van der Waals surface area (Å²) in [5.74, 6) is 0.970. The van der Waals surface area contributed by atoms with E-state index in [1.807, 2.05) is 0 Å². The maximum absolute atomic E-state index is 3.67. The van der Waals surface area contributed by atoms with Crippen molar-refractivity contribution in [2.24, 2.45) is 5.92 Å². The molecule has 1 aliphatic rings. The van der Waals surface area contributed by atoms with Gasteiger partial charge in [0.1, 0.15) is 0 Å². The van der Waals surface area contributed by atoms with Gasteiger partial charge in [0.15, 0.2) is 0 Å². The van der Waals surface area contributed by atoms with Crippen molar-refractivity contribution in [3.8, 4) is 0 Å². The SMILES string of the molecule is CCC1CCNC(CCCc2ccccc2)C1. The van der Waals surface area contributed by atoms with Crippen molar-refractivity contribution in [2.45, 2.75) is 51.5 Å². The van der Waals surface area contributed by atoms with E-state index >= 15 is 0 Å². The lowest BCUT2D eigenvalue weighted by Crippen LogP contribution is -2.37. The molecule has 1 heterocycles. The van der Waals surface area contributed by atoms with Crippen molar-refractivity contribution in [2.75, 3.05) is 6.54 Å². The molecule has 1 N–H and O–H groups in total. The van der Waals surface area contributed by atoms with Gasteiger partial charge in [-0.05, 0) is 50.1 Å². The van der Waals surface area contributed by atoms with Crippen LogP contribution in [0.2, 0.25) is 0 Å². The minimum Gasteiger partial charge on any atom is -0.314 e. The van der Waals surface area contributed by atoms with Crippen LogP contribution in [0, 0.1) is 5.92 Å². The maximum Gasteiger partial charge on any atom is 0.00698 e. The molecule has 2 atom stereocenters. The highest BCUT2D eigenvalue weighted by Crippen LogP contribution is 2.22. The molecule has 1 aromatic rings. The summed E-state index contributed by atoms with van der Waals surface area (Å²) in [7, 11) is 0. The van der Waals surface area contributed by atoms with Crippen molar-refractivity contribution in [3.05, 3.63) is 35.9 Å². The minimum absolute atomic E-state index is 0.775. The highest BCUT2D eigenvalue weighted by molar-refractivity contribution is 5.14. The highest BCUT2D eigenvalue weighted by atomic mass is 14.9. The predicted octanol–water partition coefficient (Wildman–Crippen LogP) is 3.79. The van der Waals surface area contributed by atoms with E-state index in [4.69, 9.17) is 0 Å². The maximum atomic E-state index is 3.67. The molecule has 0 aliphatic carbocycles. The summed E-state index contributed by atoms with van der Waals surface area (Å²) in [5.41, 5.74) is 1.48. The molecule has 0 bridgehead atoms. The second kappa shape index (κ2) is 6.80. The smallest absolute Gasteiger partial charge is 0.00698 e. The van der Waals surface area contributed by atoms with Crippen molar-refractivity contribution in [1.29, 1.82) is 0 Å². The molecule has 1 aliphatic heterocycles. The Bertz CT molecular complexity index is 307. The summed E-state index contributed by atoms with van der Waals surface area (Å²) in [6.07, 6.45) is 8.02. The molecule has 1 heteroatoms. The van der Waals surface area contributed by atoms with Crippen LogP contribution < -0.4 is 5.32 Å². The minimum atomic E-state index is 0.775. The molecular formula is C16H25N. The molecule has 1 nitrogen and oxygen atoms in total. The van der Waals surface area contributed by atoms with Crippen LogP contribution >= 0.6 is 0 Å². The molecule has 17 heavy (non-hydrogen) atoms. The fourth-order valence-electron chi connectivity index (χ4n) is 2.88. The molecule has 0 radical (unpaired) electrons. The standard InChI is InChI=1S/C16H25N/c1-2-14-11-12-17-16(13-14)10-6-9-15-7-4-3-5-8-15/h3-5,7-8,14,16-17H,2,6,9-13H2,1H3. The Morgan fingerprint density at radius 2 is 2.06 bits per heavy atom. The van der Waals surface area contributed by atoms with Crippen LogP contribution in [0.1, 0.15) is 44.6 Å². The van der Waals surface area contributed by atoms with E-state index in [2.05, 4.69) is 42.6 Å². The summed E-state index contributed by atoms with van der Waals surface area (Å²) in [4.78, 5) is 0. The number of nitrogens with one attached hydrogen (secondary N) is 1. The average Bonchev–Trinajstić information content (AvgIpc) is 2.40. The van der Waals surface area contributed by atoms with Gasteiger partial charge >= 0.3 is 0 Å². The van der Waals surface area contributed by atoms with Gasteiger partial charge in [0.05, 0.1) is 0 Å². The van der Waals surface area contributed by atoms with Gasteiger partial charge in [-0.1, -0.05) is 43.7 Å². The monoisotopic (exact) mass is 231 g/mol. The first-order valence-electron chi connectivity index (χ1n) is 7.15. The predicted molar refractivity (Wildman–Crippen MR) is 74.2 cm³/mol. The molecule has 1 fully saturated rings. The zero-order valence-corrected chi connectivity index (χ0v) is 11.0. The average molecular weight is 231 g/mol. The number of hydrogen-bond donors (Lipinski definition) is 1. The van der Waals surface area contributed by atoms with Gasteiger partial charge in [-0.15, -0.1) is 0 Å². The van der Waals surface area contributed by atoms with Crippen molar-refractivity contribution >= 4 is 0 Å².